The van der Waals surface area contributed by atoms with E-state index >= 15 is 0 Å². The van der Waals surface area contributed by atoms with Crippen LogP contribution in [0.3, 0.4) is 0 Å². The van der Waals surface area contributed by atoms with Crippen LogP contribution in [0.4, 0.5) is 11.4 Å². The number of benzene rings is 2. The van der Waals surface area contributed by atoms with Crippen LogP contribution in [0.2, 0.25) is 10.0 Å². The Balaban J connectivity index is 2.21. The van der Waals surface area contributed by atoms with Gasteiger partial charge in [-0.05, 0) is 30.3 Å². The Bertz CT molecular complexity index is 703. The van der Waals surface area contributed by atoms with E-state index in [2.05, 4.69) is 10.5 Å². The average molecular weight is 326 g/mol. The largest absolute Gasteiger partial charge is 0.502 e. The van der Waals surface area contributed by atoms with Gasteiger partial charge in [0.2, 0.25) is 5.75 Å². The first-order valence-corrected chi connectivity index (χ1v) is 6.44. The van der Waals surface area contributed by atoms with Gasteiger partial charge in [0, 0.05) is 21.7 Å². The smallest absolute Gasteiger partial charge is 0.312 e. The summed E-state index contributed by atoms with van der Waals surface area (Å²) in [5, 5.41) is 25.2. The third-order valence-electron chi connectivity index (χ3n) is 2.52. The molecule has 8 heteroatoms. The number of nitro groups is 1. The van der Waals surface area contributed by atoms with Gasteiger partial charge in [0.15, 0.2) is 0 Å². The molecular weight excluding hydrogens is 317 g/mol. The molecule has 0 aliphatic carbocycles. The minimum absolute atomic E-state index is 0.132. The highest BCUT2D eigenvalue weighted by Gasteiger charge is 2.17. The average Bonchev–Trinajstić information content (AvgIpc) is 2.44. The number of phenols is 1. The second-order valence-corrected chi connectivity index (χ2v) is 4.87. The summed E-state index contributed by atoms with van der Waals surface area (Å²) in [7, 11) is 0. The van der Waals surface area contributed by atoms with Crippen molar-refractivity contribution in [3.05, 3.63) is 62.1 Å². The molecule has 0 saturated heterocycles. The highest BCUT2D eigenvalue weighted by atomic mass is 35.5. The van der Waals surface area contributed by atoms with E-state index < -0.39 is 16.4 Å². The van der Waals surface area contributed by atoms with Crippen molar-refractivity contribution in [2.45, 2.75) is 0 Å². The minimum Gasteiger partial charge on any atom is -0.502 e. The summed E-state index contributed by atoms with van der Waals surface area (Å²) in [6.45, 7) is 0. The van der Waals surface area contributed by atoms with Gasteiger partial charge in [0.05, 0.1) is 16.8 Å². The van der Waals surface area contributed by atoms with E-state index in [0.717, 1.165) is 6.07 Å². The quantitative estimate of drug-likeness (QED) is 0.504. The zero-order chi connectivity index (χ0) is 15.4. The number of nitrogens with one attached hydrogen (secondary N) is 1. The van der Waals surface area contributed by atoms with Gasteiger partial charge >= 0.3 is 5.69 Å². The number of nitro benzene ring substituents is 1. The van der Waals surface area contributed by atoms with E-state index in [1.807, 2.05) is 0 Å². The monoisotopic (exact) mass is 325 g/mol. The molecule has 0 aliphatic rings. The maximum atomic E-state index is 10.8. The molecule has 0 saturated carbocycles. The first kappa shape index (κ1) is 15.1. The van der Waals surface area contributed by atoms with Crippen molar-refractivity contribution >= 4 is 40.8 Å². The number of hydrogen-bond acceptors (Lipinski definition) is 5. The van der Waals surface area contributed by atoms with E-state index in [-0.39, 0.29) is 10.6 Å². The normalized spacial score (nSPS) is 10.8. The number of aromatic hydroxyl groups is 1. The molecule has 0 fully saturated rings. The SMILES string of the molecule is O=[N+]([O-])c1cc(Cl)cc(C=NNc2ccc(Cl)cc2)c1O. The van der Waals surface area contributed by atoms with Crippen molar-refractivity contribution < 1.29 is 10.0 Å². The summed E-state index contributed by atoms with van der Waals surface area (Å²) in [6.07, 6.45) is 1.24. The number of anilines is 1. The fraction of sp³-hybridized carbons (Fsp3) is 0. The third kappa shape index (κ3) is 3.84. The van der Waals surface area contributed by atoms with Crippen molar-refractivity contribution in [2.75, 3.05) is 5.43 Å². The lowest BCUT2D eigenvalue weighted by Crippen LogP contribution is -1.94. The summed E-state index contributed by atoms with van der Waals surface area (Å²) in [6, 6.07) is 9.22. The maximum absolute atomic E-state index is 10.8. The number of hydrazone groups is 1. The number of rotatable bonds is 4. The summed E-state index contributed by atoms with van der Waals surface area (Å²) >= 11 is 11.5. The maximum Gasteiger partial charge on any atom is 0.312 e. The van der Waals surface area contributed by atoms with Crippen LogP contribution in [-0.4, -0.2) is 16.2 Å². The van der Waals surface area contributed by atoms with E-state index in [9.17, 15) is 15.2 Å². The highest BCUT2D eigenvalue weighted by molar-refractivity contribution is 6.31. The van der Waals surface area contributed by atoms with Crippen LogP contribution in [0.5, 0.6) is 5.75 Å². The Kier molecular flexibility index (Phi) is 4.62. The molecular formula is C13H9Cl2N3O3. The third-order valence-corrected chi connectivity index (χ3v) is 2.99. The molecule has 0 aliphatic heterocycles. The molecule has 2 N–H and O–H groups in total. The van der Waals surface area contributed by atoms with Gasteiger partial charge in [0.1, 0.15) is 0 Å². The van der Waals surface area contributed by atoms with Crippen LogP contribution in [0.1, 0.15) is 5.56 Å². The van der Waals surface area contributed by atoms with Crippen LogP contribution in [0.15, 0.2) is 41.5 Å². The van der Waals surface area contributed by atoms with Gasteiger partial charge in [-0.1, -0.05) is 23.2 Å². The van der Waals surface area contributed by atoms with Crippen molar-refractivity contribution in [3.8, 4) is 5.75 Å². The van der Waals surface area contributed by atoms with E-state index in [1.165, 1.54) is 12.3 Å². The van der Waals surface area contributed by atoms with Crippen LogP contribution in [0, 0.1) is 10.1 Å². The molecule has 2 aromatic rings. The van der Waals surface area contributed by atoms with E-state index in [4.69, 9.17) is 23.2 Å². The molecule has 108 valence electrons. The summed E-state index contributed by atoms with van der Waals surface area (Å²) in [5.41, 5.74) is 3.03. The molecule has 0 atom stereocenters. The lowest BCUT2D eigenvalue weighted by Gasteiger charge is -2.02. The van der Waals surface area contributed by atoms with Crippen molar-refractivity contribution in [1.29, 1.82) is 0 Å². The Morgan fingerprint density at radius 1 is 1.19 bits per heavy atom. The topological polar surface area (TPSA) is 87.8 Å². The molecule has 0 radical (unpaired) electrons. The lowest BCUT2D eigenvalue weighted by atomic mass is 10.2. The van der Waals surface area contributed by atoms with E-state index in [1.54, 1.807) is 24.3 Å². The van der Waals surface area contributed by atoms with Crippen LogP contribution >= 0.6 is 23.2 Å². The Labute approximate surface area is 129 Å². The summed E-state index contributed by atoms with van der Waals surface area (Å²) < 4.78 is 0. The zero-order valence-electron chi connectivity index (χ0n) is 10.5. The molecule has 0 aromatic heterocycles. The van der Waals surface area contributed by atoms with Crippen LogP contribution < -0.4 is 5.43 Å². The fourth-order valence-corrected chi connectivity index (χ4v) is 1.89. The molecule has 0 bridgehead atoms. The van der Waals surface area contributed by atoms with Gasteiger partial charge in [-0.15, -0.1) is 0 Å². The van der Waals surface area contributed by atoms with Crippen molar-refractivity contribution in [2.24, 2.45) is 5.10 Å². The number of nitrogens with zero attached hydrogens (tertiary/aromatic N) is 2. The first-order chi connectivity index (χ1) is 9.97. The lowest BCUT2D eigenvalue weighted by molar-refractivity contribution is -0.385. The van der Waals surface area contributed by atoms with Gasteiger partial charge < -0.3 is 5.11 Å². The number of phenolic OH excluding ortho intramolecular Hbond substituents is 1. The molecule has 6 nitrogen and oxygen atoms in total. The summed E-state index contributed by atoms with van der Waals surface area (Å²) in [4.78, 5) is 10.1. The predicted octanol–water partition coefficient (Wildman–Crippen LogP) is 4.05. The molecule has 0 heterocycles. The van der Waals surface area contributed by atoms with Crippen LogP contribution in [-0.2, 0) is 0 Å². The summed E-state index contributed by atoms with van der Waals surface area (Å²) in [5.74, 6) is -0.494. The zero-order valence-corrected chi connectivity index (χ0v) is 12.0. The second kappa shape index (κ2) is 6.43. The molecule has 2 aromatic carbocycles. The van der Waals surface area contributed by atoms with Gasteiger partial charge in [0.25, 0.3) is 0 Å². The number of hydrogen-bond donors (Lipinski definition) is 2. The first-order valence-electron chi connectivity index (χ1n) is 5.69. The highest BCUT2D eigenvalue weighted by Crippen LogP contribution is 2.32. The van der Waals surface area contributed by atoms with Gasteiger partial charge in [-0.2, -0.15) is 5.10 Å². The molecule has 0 spiro atoms. The molecule has 0 amide bonds. The second-order valence-electron chi connectivity index (χ2n) is 4.00. The van der Waals surface area contributed by atoms with Crippen LogP contribution in [0.25, 0.3) is 0 Å². The Hall–Kier alpha value is -2.31. The van der Waals surface area contributed by atoms with Crippen molar-refractivity contribution in [3.63, 3.8) is 0 Å². The van der Waals surface area contributed by atoms with Crippen molar-refractivity contribution in [1.82, 2.24) is 0 Å². The molecule has 2 rings (SSSR count). The fourth-order valence-electron chi connectivity index (χ4n) is 1.54. The van der Waals surface area contributed by atoms with Gasteiger partial charge in [-0.25, -0.2) is 0 Å². The number of halogens is 2. The van der Waals surface area contributed by atoms with E-state index in [0.29, 0.717) is 10.7 Å². The molecule has 0 unspecified atom stereocenters. The molecule has 21 heavy (non-hydrogen) atoms. The van der Waals surface area contributed by atoms with Gasteiger partial charge in [-0.3, -0.25) is 15.5 Å². The predicted molar refractivity (Wildman–Crippen MR) is 82.4 cm³/mol. The standard InChI is InChI=1S/C13H9Cl2N3O3/c14-9-1-3-11(4-2-9)17-16-7-8-5-10(15)6-12(13(8)19)18(20)21/h1-7,17,19H. The Morgan fingerprint density at radius 3 is 2.48 bits per heavy atom. The Morgan fingerprint density at radius 2 is 1.86 bits per heavy atom. The minimum atomic E-state index is -0.717.